The molecule has 0 fully saturated rings. The second kappa shape index (κ2) is 1.90. The molecule has 0 aliphatic rings. The van der Waals surface area contributed by atoms with Crippen LogP contribution in [0.25, 0.3) is 0 Å². The van der Waals surface area contributed by atoms with Crippen LogP contribution < -0.4 is 4.98 Å². The Hall–Kier alpha value is -0.920. The summed E-state index contributed by atoms with van der Waals surface area (Å²) in [6.07, 6.45) is 3.70. The Morgan fingerprint density at radius 1 is 1.50 bits per heavy atom. The summed E-state index contributed by atoms with van der Waals surface area (Å²) in [5, 5.41) is 0. The van der Waals surface area contributed by atoms with Gasteiger partial charge < -0.3 is 0 Å². The molecule has 1 rings (SSSR count). The molecule has 0 bridgehead atoms. The summed E-state index contributed by atoms with van der Waals surface area (Å²) in [5.74, 6) is 0. The molecule has 0 unspecified atom stereocenters. The van der Waals surface area contributed by atoms with Gasteiger partial charge in [-0.1, -0.05) is 0 Å². The minimum Gasteiger partial charge on any atom is -0.249 e. The van der Waals surface area contributed by atoms with E-state index in [1.54, 1.807) is 0 Å². The molecule has 0 radical (unpaired) electrons. The van der Waals surface area contributed by atoms with Crippen LogP contribution in [0.1, 0.15) is 11.4 Å². The lowest BCUT2D eigenvalue weighted by atomic mass is 10.5. The summed E-state index contributed by atoms with van der Waals surface area (Å²) < 4.78 is 0. The Labute approximate surface area is 48.6 Å². The molecule has 8 heavy (non-hydrogen) atoms. The van der Waals surface area contributed by atoms with Gasteiger partial charge in [0.1, 0.15) is 5.69 Å². The number of nitrogens with one attached hydrogen (secondary N) is 1. The first-order valence-electron chi connectivity index (χ1n) is 2.60. The zero-order valence-electron chi connectivity index (χ0n) is 5.10. The van der Waals surface area contributed by atoms with Gasteiger partial charge in [-0.05, 0) is 6.92 Å². The average molecular weight is 109 g/mol. The topological polar surface area (TPSA) is 27.0 Å². The molecule has 42 valence electrons. The van der Waals surface area contributed by atoms with Crippen LogP contribution in [0.4, 0.5) is 0 Å². The van der Waals surface area contributed by atoms with Crippen LogP contribution in [0.3, 0.4) is 0 Å². The number of hydrogen-bond donors (Lipinski definition) is 0. The zero-order valence-corrected chi connectivity index (χ0v) is 5.10. The van der Waals surface area contributed by atoms with Crippen LogP contribution in [0.5, 0.6) is 0 Å². The van der Waals surface area contributed by atoms with E-state index < -0.39 is 0 Å². The minimum atomic E-state index is 1.02. The molecular formula is C6H9N2+. The summed E-state index contributed by atoms with van der Waals surface area (Å²) in [5.41, 5.74) is 2.12. The molecule has 0 atom stereocenters. The van der Waals surface area contributed by atoms with Gasteiger partial charge in [0.15, 0.2) is 11.9 Å². The Balaban J connectivity index is 3.03. The summed E-state index contributed by atoms with van der Waals surface area (Å²) in [4.78, 5) is 7.08. The standard InChI is InChI=1S/C6H8N2/c1-5-3-8-6(2)4-7-5/h3-4H,1-2H3/p+1. The van der Waals surface area contributed by atoms with Gasteiger partial charge in [-0.15, -0.1) is 0 Å². The van der Waals surface area contributed by atoms with E-state index in [9.17, 15) is 0 Å². The summed E-state index contributed by atoms with van der Waals surface area (Å²) in [7, 11) is 0. The minimum absolute atomic E-state index is 1.02. The monoisotopic (exact) mass is 109 g/mol. The van der Waals surface area contributed by atoms with Crippen LogP contribution in [-0.4, -0.2) is 4.98 Å². The van der Waals surface area contributed by atoms with E-state index >= 15 is 0 Å². The van der Waals surface area contributed by atoms with Crippen molar-refractivity contribution < 1.29 is 4.98 Å². The third-order valence-electron chi connectivity index (χ3n) is 0.971. The number of aryl methyl sites for hydroxylation is 2. The Bertz CT molecular complexity index is 145. The molecule has 1 aromatic heterocycles. The highest BCUT2D eigenvalue weighted by molar-refractivity contribution is 4.89. The molecule has 0 spiro atoms. The van der Waals surface area contributed by atoms with Gasteiger partial charge in [-0.2, -0.15) is 0 Å². The fraction of sp³-hybridized carbons (Fsp3) is 0.333. The molecule has 0 amide bonds. The number of aromatic nitrogens is 2. The van der Waals surface area contributed by atoms with Crippen LogP contribution >= 0.6 is 0 Å². The lowest BCUT2D eigenvalue weighted by Gasteiger charge is -1.82. The summed E-state index contributed by atoms with van der Waals surface area (Å²) >= 11 is 0. The highest BCUT2D eigenvalue weighted by Crippen LogP contribution is 1.83. The SMILES string of the molecule is Cc1c[nH+]c(C)cn1. The van der Waals surface area contributed by atoms with E-state index in [0.717, 1.165) is 11.4 Å². The van der Waals surface area contributed by atoms with Crippen LogP contribution in [-0.2, 0) is 0 Å². The maximum absolute atomic E-state index is 4.05. The molecule has 0 saturated heterocycles. The Morgan fingerprint density at radius 3 is 2.62 bits per heavy atom. The summed E-state index contributed by atoms with van der Waals surface area (Å²) in [6, 6.07) is 0. The van der Waals surface area contributed by atoms with Crippen molar-refractivity contribution in [2.45, 2.75) is 13.8 Å². The molecule has 1 aromatic rings. The van der Waals surface area contributed by atoms with Crippen molar-refractivity contribution in [3.63, 3.8) is 0 Å². The maximum Gasteiger partial charge on any atom is 0.194 e. The van der Waals surface area contributed by atoms with Crippen LogP contribution in [0, 0.1) is 13.8 Å². The van der Waals surface area contributed by atoms with Crippen molar-refractivity contribution in [1.29, 1.82) is 0 Å². The normalized spacial score (nSPS) is 9.25. The maximum atomic E-state index is 4.05. The van der Waals surface area contributed by atoms with Crippen molar-refractivity contribution in [2.75, 3.05) is 0 Å². The van der Waals surface area contributed by atoms with Gasteiger partial charge in [-0.3, -0.25) is 0 Å². The predicted molar refractivity (Wildman–Crippen MR) is 30.3 cm³/mol. The van der Waals surface area contributed by atoms with Crippen molar-refractivity contribution >= 4 is 0 Å². The number of aromatic amines is 1. The molecule has 2 nitrogen and oxygen atoms in total. The van der Waals surface area contributed by atoms with Crippen molar-refractivity contribution in [1.82, 2.24) is 4.98 Å². The second-order valence-electron chi connectivity index (χ2n) is 1.87. The molecule has 2 heteroatoms. The zero-order chi connectivity index (χ0) is 5.98. The highest BCUT2D eigenvalue weighted by atomic mass is 14.8. The molecule has 0 aromatic carbocycles. The lowest BCUT2D eigenvalue weighted by molar-refractivity contribution is -0.389. The van der Waals surface area contributed by atoms with Gasteiger partial charge in [0.2, 0.25) is 0 Å². The molecule has 0 aliphatic carbocycles. The summed E-state index contributed by atoms with van der Waals surface area (Å²) in [6.45, 7) is 3.93. The van der Waals surface area contributed by atoms with E-state index in [-0.39, 0.29) is 0 Å². The van der Waals surface area contributed by atoms with E-state index in [1.165, 1.54) is 0 Å². The van der Waals surface area contributed by atoms with Gasteiger partial charge in [-0.25, -0.2) is 9.97 Å². The Kier molecular flexibility index (Phi) is 1.24. The molecule has 1 heterocycles. The highest BCUT2D eigenvalue weighted by Gasteiger charge is 1.89. The number of H-pyrrole nitrogens is 1. The number of hydrogen-bond acceptors (Lipinski definition) is 1. The number of nitrogens with zero attached hydrogens (tertiary/aromatic N) is 1. The van der Waals surface area contributed by atoms with E-state index in [1.807, 2.05) is 26.2 Å². The number of rotatable bonds is 0. The average Bonchev–Trinajstić information content (AvgIpc) is 1.77. The van der Waals surface area contributed by atoms with Crippen molar-refractivity contribution in [3.05, 3.63) is 23.8 Å². The van der Waals surface area contributed by atoms with Gasteiger partial charge >= 0.3 is 0 Å². The smallest absolute Gasteiger partial charge is 0.194 e. The van der Waals surface area contributed by atoms with E-state index in [4.69, 9.17) is 0 Å². The van der Waals surface area contributed by atoms with E-state index in [0.29, 0.717) is 0 Å². The molecule has 0 aliphatic heterocycles. The van der Waals surface area contributed by atoms with Crippen molar-refractivity contribution in [3.8, 4) is 0 Å². The van der Waals surface area contributed by atoms with Crippen LogP contribution in [0.2, 0.25) is 0 Å². The first-order valence-corrected chi connectivity index (χ1v) is 2.60. The van der Waals surface area contributed by atoms with Crippen LogP contribution in [0.15, 0.2) is 12.4 Å². The van der Waals surface area contributed by atoms with Gasteiger partial charge in [0, 0.05) is 6.92 Å². The third kappa shape index (κ3) is 1.03. The molecule has 0 saturated carbocycles. The second-order valence-corrected chi connectivity index (χ2v) is 1.87. The van der Waals surface area contributed by atoms with Gasteiger partial charge in [0.25, 0.3) is 0 Å². The first kappa shape index (κ1) is 5.22. The fourth-order valence-corrected chi connectivity index (χ4v) is 0.491. The largest absolute Gasteiger partial charge is 0.249 e. The predicted octanol–water partition coefficient (Wildman–Crippen LogP) is 0.513. The van der Waals surface area contributed by atoms with E-state index in [2.05, 4.69) is 9.97 Å². The molecular weight excluding hydrogens is 100 g/mol. The molecule has 1 N–H and O–H groups in total. The third-order valence-corrected chi connectivity index (χ3v) is 0.971. The lowest BCUT2D eigenvalue weighted by Crippen LogP contribution is -2.07. The van der Waals surface area contributed by atoms with Gasteiger partial charge in [0.05, 0.1) is 6.20 Å². The Morgan fingerprint density at radius 2 is 2.25 bits per heavy atom. The van der Waals surface area contributed by atoms with Crippen molar-refractivity contribution in [2.24, 2.45) is 0 Å². The quantitative estimate of drug-likeness (QED) is 0.477. The fourth-order valence-electron chi connectivity index (χ4n) is 0.491. The first-order chi connectivity index (χ1) is 3.79.